The predicted molar refractivity (Wildman–Crippen MR) is 59.4 cm³/mol. The summed E-state index contributed by atoms with van der Waals surface area (Å²) in [4.78, 5) is 4.94. The van der Waals surface area contributed by atoms with E-state index in [0.717, 1.165) is 23.0 Å². The van der Waals surface area contributed by atoms with Gasteiger partial charge in [0.05, 0.1) is 0 Å². The Kier molecular flexibility index (Phi) is 3.21. The Morgan fingerprint density at radius 3 is 3.00 bits per heavy atom. The van der Waals surface area contributed by atoms with Gasteiger partial charge in [0.15, 0.2) is 0 Å². The third-order valence-corrected chi connectivity index (χ3v) is 4.02. The zero-order valence-electron chi connectivity index (χ0n) is 8.49. The highest BCUT2D eigenvalue weighted by molar-refractivity contribution is 9.09. The van der Waals surface area contributed by atoms with E-state index in [1.54, 1.807) is 6.33 Å². The standard InChI is InChI=1S/C10H16BrN3/c1-14-10(12-7-13-14)4-2-3-9(11)8-5-6-8/h7-9H,2-6H2,1H3. The zero-order valence-corrected chi connectivity index (χ0v) is 10.1. The van der Waals surface area contributed by atoms with Crippen LogP contribution in [-0.2, 0) is 13.5 Å². The Morgan fingerprint density at radius 1 is 1.64 bits per heavy atom. The van der Waals surface area contributed by atoms with Gasteiger partial charge in [-0.05, 0) is 31.6 Å². The molecule has 0 spiro atoms. The lowest BCUT2D eigenvalue weighted by Gasteiger charge is -2.06. The molecule has 78 valence electrons. The van der Waals surface area contributed by atoms with E-state index >= 15 is 0 Å². The second-order valence-corrected chi connectivity index (χ2v) is 5.22. The Labute approximate surface area is 93.0 Å². The predicted octanol–water partition coefficient (Wildman–Crippen LogP) is 2.31. The van der Waals surface area contributed by atoms with Gasteiger partial charge >= 0.3 is 0 Å². The van der Waals surface area contributed by atoms with Gasteiger partial charge in [0.25, 0.3) is 0 Å². The maximum Gasteiger partial charge on any atom is 0.138 e. The van der Waals surface area contributed by atoms with Crippen molar-refractivity contribution >= 4 is 15.9 Å². The fourth-order valence-electron chi connectivity index (χ4n) is 1.70. The average molecular weight is 258 g/mol. The van der Waals surface area contributed by atoms with Crippen LogP contribution >= 0.6 is 15.9 Å². The van der Waals surface area contributed by atoms with Gasteiger partial charge in [-0.3, -0.25) is 4.68 Å². The minimum absolute atomic E-state index is 0.732. The third kappa shape index (κ3) is 2.56. The Balaban J connectivity index is 1.69. The Morgan fingerprint density at radius 2 is 2.43 bits per heavy atom. The summed E-state index contributed by atoms with van der Waals surface area (Å²) in [6.07, 6.45) is 7.98. The van der Waals surface area contributed by atoms with Crippen LogP contribution in [0.25, 0.3) is 0 Å². The Hall–Kier alpha value is -0.380. The van der Waals surface area contributed by atoms with E-state index in [9.17, 15) is 0 Å². The van der Waals surface area contributed by atoms with Crippen LogP contribution in [0.15, 0.2) is 6.33 Å². The molecule has 0 N–H and O–H groups in total. The molecule has 14 heavy (non-hydrogen) atoms. The molecule has 1 fully saturated rings. The van der Waals surface area contributed by atoms with Gasteiger partial charge in [-0.2, -0.15) is 5.10 Å². The highest BCUT2D eigenvalue weighted by Crippen LogP contribution is 2.38. The molecular formula is C10H16BrN3. The molecule has 1 aliphatic carbocycles. The van der Waals surface area contributed by atoms with Gasteiger partial charge in [-0.1, -0.05) is 15.9 Å². The normalized spacial score (nSPS) is 18.4. The number of hydrogen-bond acceptors (Lipinski definition) is 2. The van der Waals surface area contributed by atoms with Gasteiger partial charge < -0.3 is 0 Å². The maximum absolute atomic E-state index is 4.21. The molecule has 0 amide bonds. The smallest absolute Gasteiger partial charge is 0.138 e. The van der Waals surface area contributed by atoms with E-state index in [1.807, 2.05) is 11.7 Å². The van der Waals surface area contributed by atoms with Crippen molar-refractivity contribution < 1.29 is 0 Å². The molecule has 3 nitrogen and oxygen atoms in total. The van der Waals surface area contributed by atoms with E-state index < -0.39 is 0 Å². The molecule has 1 aromatic rings. The van der Waals surface area contributed by atoms with Crippen molar-refractivity contribution in [3.05, 3.63) is 12.2 Å². The Bertz CT molecular complexity index is 293. The summed E-state index contributed by atoms with van der Waals surface area (Å²) in [5.41, 5.74) is 0. The van der Waals surface area contributed by atoms with Crippen molar-refractivity contribution in [1.82, 2.24) is 14.8 Å². The van der Waals surface area contributed by atoms with Crippen LogP contribution in [0.4, 0.5) is 0 Å². The molecule has 0 bridgehead atoms. The van der Waals surface area contributed by atoms with Gasteiger partial charge in [0, 0.05) is 18.3 Å². The quantitative estimate of drug-likeness (QED) is 0.759. The molecular weight excluding hydrogens is 242 g/mol. The first-order chi connectivity index (χ1) is 6.77. The molecule has 1 saturated carbocycles. The summed E-state index contributed by atoms with van der Waals surface area (Å²) in [5, 5.41) is 4.06. The molecule has 1 aliphatic rings. The van der Waals surface area contributed by atoms with Crippen LogP contribution in [0.1, 0.15) is 31.5 Å². The van der Waals surface area contributed by atoms with Crippen molar-refractivity contribution in [2.45, 2.75) is 36.9 Å². The maximum atomic E-state index is 4.21. The second kappa shape index (κ2) is 4.43. The van der Waals surface area contributed by atoms with Crippen LogP contribution in [0, 0.1) is 5.92 Å². The summed E-state index contributed by atoms with van der Waals surface area (Å²) in [6, 6.07) is 0. The molecule has 2 rings (SSSR count). The molecule has 0 radical (unpaired) electrons. The number of nitrogens with zero attached hydrogens (tertiary/aromatic N) is 3. The van der Waals surface area contributed by atoms with Crippen LogP contribution in [-0.4, -0.2) is 19.6 Å². The van der Waals surface area contributed by atoms with Crippen molar-refractivity contribution in [3.8, 4) is 0 Å². The van der Waals surface area contributed by atoms with E-state index in [1.165, 1.54) is 25.7 Å². The summed E-state index contributed by atoms with van der Waals surface area (Å²) < 4.78 is 1.86. The van der Waals surface area contributed by atoms with Crippen LogP contribution in [0.3, 0.4) is 0 Å². The number of hydrogen-bond donors (Lipinski definition) is 0. The van der Waals surface area contributed by atoms with Gasteiger partial charge in [0.1, 0.15) is 12.2 Å². The summed E-state index contributed by atoms with van der Waals surface area (Å²) in [5.74, 6) is 2.05. The van der Waals surface area contributed by atoms with Crippen molar-refractivity contribution in [2.24, 2.45) is 13.0 Å². The molecule has 0 aromatic carbocycles. The molecule has 1 unspecified atom stereocenters. The molecule has 0 saturated heterocycles. The summed E-state index contributed by atoms with van der Waals surface area (Å²) in [7, 11) is 1.95. The minimum Gasteiger partial charge on any atom is -0.253 e. The van der Waals surface area contributed by atoms with Gasteiger partial charge in [-0.15, -0.1) is 0 Å². The first-order valence-corrected chi connectivity index (χ1v) is 6.16. The van der Waals surface area contributed by atoms with Crippen molar-refractivity contribution in [2.75, 3.05) is 0 Å². The number of alkyl halides is 1. The van der Waals surface area contributed by atoms with E-state index in [-0.39, 0.29) is 0 Å². The van der Waals surface area contributed by atoms with Crippen molar-refractivity contribution in [1.29, 1.82) is 0 Å². The van der Waals surface area contributed by atoms with Crippen molar-refractivity contribution in [3.63, 3.8) is 0 Å². The molecule has 1 atom stereocenters. The zero-order chi connectivity index (χ0) is 9.97. The molecule has 0 aliphatic heterocycles. The second-order valence-electron chi connectivity index (χ2n) is 4.05. The van der Waals surface area contributed by atoms with Gasteiger partial charge in [-0.25, -0.2) is 4.98 Å². The van der Waals surface area contributed by atoms with E-state index in [0.29, 0.717) is 0 Å². The summed E-state index contributed by atoms with van der Waals surface area (Å²) in [6.45, 7) is 0. The largest absolute Gasteiger partial charge is 0.253 e. The summed E-state index contributed by atoms with van der Waals surface area (Å²) >= 11 is 3.74. The van der Waals surface area contributed by atoms with Crippen LogP contribution < -0.4 is 0 Å². The highest BCUT2D eigenvalue weighted by atomic mass is 79.9. The van der Waals surface area contributed by atoms with E-state index in [4.69, 9.17) is 0 Å². The van der Waals surface area contributed by atoms with Crippen LogP contribution in [0.2, 0.25) is 0 Å². The lowest BCUT2D eigenvalue weighted by atomic mass is 10.1. The number of aryl methyl sites for hydroxylation is 2. The fraction of sp³-hybridized carbons (Fsp3) is 0.800. The third-order valence-electron chi connectivity index (χ3n) is 2.82. The van der Waals surface area contributed by atoms with Crippen LogP contribution in [0.5, 0.6) is 0 Å². The average Bonchev–Trinajstić information content (AvgIpc) is 2.93. The van der Waals surface area contributed by atoms with Gasteiger partial charge in [0.2, 0.25) is 0 Å². The SMILES string of the molecule is Cn1ncnc1CCCC(Br)C1CC1. The topological polar surface area (TPSA) is 30.7 Å². The lowest BCUT2D eigenvalue weighted by molar-refractivity contribution is 0.616. The first-order valence-electron chi connectivity index (χ1n) is 5.24. The first kappa shape index (κ1) is 10.1. The number of rotatable bonds is 5. The molecule has 1 aromatic heterocycles. The van der Waals surface area contributed by atoms with E-state index in [2.05, 4.69) is 26.0 Å². The lowest BCUT2D eigenvalue weighted by Crippen LogP contribution is -2.04. The number of halogens is 1. The molecule has 4 heteroatoms. The highest BCUT2D eigenvalue weighted by Gasteiger charge is 2.28. The monoisotopic (exact) mass is 257 g/mol. The number of aromatic nitrogens is 3. The molecule has 1 heterocycles. The fourth-order valence-corrected chi connectivity index (χ4v) is 2.55. The minimum atomic E-state index is 0.732.